The molecule has 1 aromatic rings. The molecule has 1 fully saturated rings. The summed E-state index contributed by atoms with van der Waals surface area (Å²) in [6.07, 6.45) is 3.17. The molecule has 114 valence electrons. The van der Waals surface area contributed by atoms with Crippen LogP contribution in [-0.4, -0.2) is 41.3 Å². The topological polar surface area (TPSA) is 51.4 Å². The first-order valence-electron chi connectivity index (χ1n) is 7.79. The van der Waals surface area contributed by atoms with Crippen LogP contribution in [-0.2, 0) is 17.7 Å². The van der Waals surface area contributed by atoms with E-state index < -0.39 is 0 Å². The summed E-state index contributed by atoms with van der Waals surface area (Å²) in [6.45, 7) is 11.2. The fourth-order valence-electron chi connectivity index (χ4n) is 2.57. The minimum Gasteiger partial charge on any atom is -0.381 e. The van der Waals surface area contributed by atoms with Crippen molar-refractivity contribution < 1.29 is 9.26 Å². The van der Waals surface area contributed by atoms with Gasteiger partial charge in [-0.3, -0.25) is 4.90 Å². The predicted molar refractivity (Wildman–Crippen MR) is 77.3 cm³/mol. The van der Waals surface area contributed by atoms with Gasteiger partial charge in [0, 0.05) is 19.6 Å². The van der Waals surface area contributed by atoms with Crippen molar-refractivity contribution in [3.63, 3.8) is 0 Å². The van der Waals surface area contributed by atoms with Gasteiger partial charge in [0.15, 0.2) is 5.82 Å². The normalized spacial score (nSPS) is 20.1. The fraction of sp³-hybridized carbons (Fsp3) is 0.867. The molecule has 5 nitrogen and oxygen atoms in total. The largest absolute Gasteiger partial charge is 0.381 e. The SMILES string of the molecule is CCCOCC1CCN(Cc2noc(CC(C)C)n2)C1. The monoisotopic (exact) mass is 281 g/mol. The van der Waals surface area contributed by atoms with Crippen LogP contribution in [0, 0.1) is 11.8 Å². The standard InChI is InChI=1S/C15H27N3O2/c1-4-7-19-11-13-5-6-18(9-13)10-14-16-15(20-17-14)8-12(2)3/h12-13H,4-11H2,1-3H3. The molecule has 1 atom stereocenters. The van der Waals surface area contributed by atoms with E-state index in [1.807, 2.05) is 0 Å². The van der Waals surface area contributed by atoms with Crippen LogP contribution in [0.5, 0.6) is 0 Å². The predicted octanol–water partition coefficient (Wildman–Crippen LogP) is 2.52. The van der Waals surface area contributed by atoms with E-state index in [-0.39, 0.29) is 0 Å². The molecule has 0 aromatic carbocycles. The third-order valence-corrected chi connectivity index (χ3v) is 3.53. The van der Waals surface area contributed by atoms with Crippen molar-refractivity contribution >= 4 is 0 Å². The highest BCUT2D eigenvalue weighted by atomic mass is 16.5. The highest BCUT2D eigenvalue weighted by Gasteiger charge is 2.24. The summed E-state index contributed by atoms with van der Waals surface area (Å²) < 4.78 is 10.9. The van der Waals surface area contributed by atoms with Gasteiger partial charge in [0.2, 0.25) is 5.89 Å². The molecule has 1 saturated heterocycles. The lowest BCUT2D eigenvalue weighted by Crippen LogP contribution is -2.22. The molecule has 2 rings (SSSR count). The maximum atomic E-state index is 5.64. The smallest absolute Gasteiger partial charge is 0.226 e. The summed E-state index contributed by atoms with van der Waals surface area (Å²) in [5.41, 5.74) is 0. The number of ether oxygens (including phenoxy) is 1. The second-order valence-corrected chi connectivity index (χ2v) is 6.17. The van der Waals surface area contributed by atoms with Crippen molar-refractivity contribution in [1.82, 2.24) is 15.0 Å². The molecule has 1 aromatic heterocycles. The number of aromatic nitrogens is 2. The Bertz CT molecular complexity index is 392. The van der Waals surface area contributed by atoms with Crippen LogP contribution in [0.2, 0.25) is 0 Å². The van der Waals surface area contributed by atoms with Crippen LogP contribution in [0.4, 0.5) is 0 Å². The first-order chi connectivity index (χ1) is 9.67. The van der Waals surface area contributed by atoms with Gasteiger partial charge >= 0.3 is 0 Å². The first-order valence-corrected chi connectivity index (χ1v) is 7.79. The number of hydrogen-bond acceptors (Lipinski definition) is 5. The molecule has 5 heteroatoms. The van der Waals surface area contributed by atoms with E-state index in [0.29, 0.717) is 11.8 Å². The van der Waals surface area contributed by atoms with E-state index in [2.05, 4.69) is 35.8 Å². The van der Waals surface area contributed by atoms with Gasteiger partial charge in [-0.15, -0.1) is 0 Å². The molecular weight excluding hydrogens is 254 g/mol. The third-order valence-electron chi connectivity index (χ3n) is 3.53. The van der Waals surface area contributed by atoms with E-state index >= 15 is 0 Å². The third kappa shape index (κ3) is 4.87. The van der Waals surface area contributed by atoms with Crippen molar-refractivity contribution in [2.75, 3.05) is 26.3 Å². The Hall–Kier alpha value is -0.940. The lowest BCUT2D eigenvalue weighted by Gasteiger charge is -2.13. The summed E-state index contributed by atoms with van der Waals surface area (Å²) in [5.74, 6) is 2.78. The number of hydrogen-bond donors (Lipinski definition) is 0. The molecule has 0 saturated carbocycles. The second-order valence-electron chi connectivity index (χ2n) is 6.17. The van der Waals surface area contributed by atoms with Gasteiger partial charge < -0.3 is 9.26 Å². The van der Waals surface area contributed by atoms with E-state index in [4.69, 9.17) is 9.26 Å². The maximum absolute atomic E-state index is 5.64. The van der Waals surface area contributed by atoms with Gasteiger partial charge in [0.1, 0.15) is 0 Å². The molecule has 0 aliphatic carbocycles. The van der Waals surface area contributed by atoms with E-state index in [1.54, 1.807) is 0 Å². The second kappa shape index (κ2) is 7.74. The Morgan fingerprint density at radius 3 is 3.05 bits per heavy atom. The van der Waals surface area contributed by atoms with Gasteiger partial charge in [-0.1, -0.05) is 25.9 Å². The summed E-state index contributed by atoms with van der Waals surface area (Å²) in [7, 11) is 0. The van der Waals surface area contributed by atoms with Crippen LogP contribution in [0.15, 0.2) is 4.52 Å². The van der Waals surface area contributed by atoms with Gasteiger partial charge in [-0.05, 0) is 31.2 Å². The highest BCUT2D eigenvalue weighted by Crippen LogP contribution is 2.18. The number of likely N-dealkylation sites (tertiary alicyclic amines) is 1. The Labute approximate surface area is 121 Å². The molecule has 0 spiro atoms. The van der Waals surface area contributed by atoms with Gasteiger partial charge in [0.05, 0.1) is 13.2 Å². The molecule has 2 heterocycles. The summed E-state index contributed by atoms with van der Waals surface area (Å²) in [6, 6.07) is 0. The minimum absolute atomic E-state index is 0.551. The van der Waals surface area contributed by atoms with E-state index in [0.717, 1.165) is 57.4 Å². The molecule has 1 aliphatic heterocycles. The molecule has 0 amide bonds. The minimum atomic E-state index is 0.551. The van der Waals surface area contributed by atoms with Crippen molar-refractivity contribution in [2.24, 2.45) is 11.8 Å². The van der Waals surface area contributed by atoms with Crippen LogP contribution in [0.25, 0.3) is 0 Å². The number of nitrogens with zero attached hydrogens (tertiary/aromatic N) is 3. The summed E-state index contributed by atoms with van der Waals surface area (Å²) >= 11 is 0. The maximum Gasteiger partial charge on any atom is 0.226 e. The zero-order chi connectivity index (χ0) is 14.4. The van der Waals surface area contributed by atoms with Crippen molar-refractivity contribution in [3.8, 4) is 0 Å². The molecule has 20 heavy (non-hydrogen) atoms. The van der Waals surface area contributed by atoms with Crippen LogP contribution >= 0.6 is 0 Å². The Kier molecular flexibility index (Phi) is 5.98. The first kappa shape index (κ1) is 15.4. The van der Waals surface area contributed by atoms with Crippen molar-refractivity contribution in [1.29, 1.82) is 0 Å². The van der Waals surface area contributed by atoms with Gasteiger partial charge in [0.25, 0.3) is 0 Å². The van der Waals surface area contributed by atoms with Crippen LogP contribution < -0.4 is 0 Å². The van der Waals surface area contributed by atoms with E-state index in [9.17, 15) is 0 Å². The summed E-state index contributed by atoms with van der Waals surface area (Å²) in [5, 5.41) is 4.07. The molecule has 1 unspecified atom stereocenters. The Morgan fingerprint density at radius 1 is 1.45 bits per heavy atom. The molecule has 0 N–H and O–H groups in total. The molecule has 1 aliphatic rings. The average molecular weight is 281 g/mol. The highest BCUT2D eigenvalue weighted by molar-refractivity contribution is 4.89. The van der Waals surface area contributed by atoms with Gasteiger partial charge in [-0.25, -0.2) is 0 Å². The molecule has 0 radical (unpaired) electrons. The quantitative estimate of drug-likeness (QED) is 0.685. The zero-order valence-corrected chi connectivity index (χ0v) is 13.0. The molecule has 0 bridgehead atoms. The van der Waals surface area contributed by atoms with Gasteiger partial charge in [-0.2, -0.15) is 4.98 Å². The summed E-state index contributed by atoms with van der Waals surface area (Å²) in [4.78, 5) is 6.86. The van der Waals surface area contributed by atoms with E-state index in [1.165, 1.54) is 6.42 Å². The van der Waals surface area contributed by atoms with Crippen LogP contribution in [0.1, 0.15) is 45.3 Å². The lowest BCUT2D eigenvalue weighted by atomic mass is 10.1. The fourth-order valence-corrected chi connectivity index (χ4v) is 2.57. The number of rotatable bonds is 8. The average Bonchev–Trinajstić information content (AvgIpc) is 3.00. The van der Waals surface area contributed by atoms with Crippen molar-refractivity contribution in [2.45, 2.75) is 46.6 Å². The zero-order valence-electron chi connectivity index (χ0n) is 13.0. The molecular formula is C15H27N3O2. The Balaban J connectivity index is 1.73. The van der Waals surface area contributed by atoms with Crippen LogP contribution in [0.3, 0.4) is 0 Å². The van der Waals surface area contributed by atoms with Crippen molar-refractivity contribution in [3.05, 3.63) is 11.7 Å². The lowest BCUT2D eigenvalue weighted by molar-refractivity contribution is 0.101. The Morgan fingerprint density at radius 2 is 2.30 bits per heavy atom.